The number of benzene rings is 3. The molecule has 9 nitrogen and oxygen atoms in total. The van der Waals surface area contributed by atoms with Crippen LogP contribution in [0.5, 0.6) is 0 Å². The van der Waals surface area contributed by atoms with Crippen LogP contribution in [0.4, 0.5) is 4.79 Å². The number of nitrogens with one attached hydrogen (secondary N) is 2. The van der Waals surface area contributed by atoms with Gasteiger partial charge in [-0.05, 0) is 44.5 Å². The van der Waals surface area contributed by atoms with E-state index in [0.29, 0.717) is 32.6 Å². The number of carbonyl (C=O) groups is 1. The number of nitrogens with zero attached hydrogens (tertiary/aromatic N) is 4. The van der Waals surface area contributed by atoms with Gasteiger partial charge in [-0.2, -0.15) is 15.5 Å². The summed E-state index contributed by atoms with van der Waals surface area (Å²) in [5, 5.41) is 27.1. The second kappa shape index (κ2) is 9.89. The highest BCUT2D eigenvalue weighted by Gasteiger charge is 2.20. The molecule has 3 aromatic carbocycles. The molecule has 0 saturated heterocycles. The highest BCUT2D eigenvalue weighted by molar-refractivity contribution is 6.35. The van der Waals surface area contributed by atoms with Crippen molar-refractivity contribution in [1.29, 1.82) is 5.26 Å². The molecule has 0 saturated carbocycles. The molecule has 2 heterocycles. The van der Waals surface area contributed by atoms with Gasteiger partial charge in [0, 0.05) is 39.4 Å². The molecule has 2 aromatic heterocycles. The normalized spacial score (nSPS) is 11.5. The van der Waals surface area contributed by atoms with Gasteiger partial charge < -0.3 is 10.1 Å². The Hall–Kier alpha value is -4.68. The molecule has 5 rings (SSSR count). The molecular formula is C29H25ClN6O3. The summed E-state index contributed by atoms with van der Waals surface area (Å²) in [6.07, 6.45) is 1.13. The highest BCUT2D eigenvalue weighted by Crippen LogP contribution is 2.38. The number of ether oxygens (including phenoxy) is 1. The third kappa shape index (κ3) is 4.94. The maximum atomic E-state index is 12.5. The van der Waals surface area contributed by atoms with Gasteiger partial charge in [0.1, 0.15) is 11.7 Å². The predicted molar refractivity (Wildman–Crippen MR) is 150 cm³/mol. The molecule has 0 atom stereocenters. The van der Waals surface area contributed by atoms with Crippen molar-refractivity contribution >= 4 is 39.2 Å². The highest BCUT2D eigenvalue weighted by atomic mass is 35.5. The van der Waals surface area contributed by atoms with E-state index in [9.17, 15) is 14.9 Å². The van der Waals surface area contributed by atoms with E-state index in [1.54, 1.807) is 43.8 Å². The first-order valence-electron chi connectivity index (χ1n) is 12.2. The van der Waals surface area contributed by atoms with Gasteiger partial charge >= 0.3 is 6.09 Å². The Kier molecular flexibility index (Phi) is 6.58. The first-order valence-corrected chi connectivity index (χ1v) is 12.6. The quantitative estimate of drug-likeness (QED) is 0.301. The minimum absolute atomic E-state index is 0.0511. The van der Waals surface area contributed by atoms with Crippen molar-refractivity contribution in [2.24, 2.45) is 7.05 Å². The molecule has 1 amide bonds. The van der Waals surface area contributed by atoms with Crippen LogP contribution in [0.2, 0.25) is 5.02 Å². The fourth-order valence-corrected chi connectivity index (χ4v) is 4.84. The van der Waals surface area contributed by atoms with Gasteiger partial charge in [-0.3, -0.25) is 9.48 Å². The largest absolute Gasteiger partial charge is 0.444 e. The topological polar surface area (TPSA) is 126 Å². The number of aromatic nitrogens is 4. The summed E-state index contributed by atoms with van der Waals surface area (Å²) >= 11 is 6.39. The number of alkyl carbamates (subject to hydrolysis) is 1. The Labute approximate surface area is 229 Å². The fraction of sp³-hybridized carbons (Fsp3) is 0.207. The maximum Gasteiger partial charge on any atom is 0.407 e. The van der Waals surface area contributed by atoms with E-state index in [4.69, 9.17) is 16.3 Å². The van der Waals surface area contributed by atoms with E-state index >= 15 is 0 Å². The summed E-state index contributed by atoms with van der Waals surface area (Å²) in [4.78, 5) is 24.8. The molecule has 0 radical (unpaired) electrons. The maximum absolute atomic E-state index is 12.5. The first-order chi connectivity index (χ1) is 18.6. The lowest BCUT2D eigenvalue weighted by atomic mass is 9.93. The number of aryl methyl sites for hydroxylation is 1. The number of fused-ring (bicyclic) bond motifs is 2. The monoisotopic (exact) mass is 540 g/mol. The van der Waals surface area contributed by atoms with Crippen LogP contribution in [0.25, 0.3) is 43.9 Å². The fourth-order valence-electron chi connectivity index (χ4n) is 4.60. The Morgan fingerprint density at radius 2 is 1.87 bits per heavy atom. The molecule has 0 unspecified atom stereocenters. The van der Waals surface area contributed by atoms with Gasteiger partial charge in [0.05, 0.1) is 35.1 Å². The third-order valence-corrected chi connectivity index (χ3v) is 6.62. The zero-order valence-electron chi connectivity index (χ0n) is 21.8. The van der Waals surface area contributed by atoms with E-state index < -0.39 is 11.7 Å². The molecule has 0 aliphatic rings. The summed E-state index contributed by atoms with van der Waals surface area (Å²) in [6.45, 7) is 5.38. The molecule has 39 heavy (non-hydrogen) atoms. The smallest absolute Gasteiger partial charge is 0.407 e. The number of halogens is 1. The Bertz CT molecular complexity index is 1860. The van der Waals surface area contributed by atoms with E-state index in [1.807, 2.05) is 43.4 Å². The molecule has 2 N–H and O–H groups in total. The zero-order chi connectivity index (χ0) is 27.9. The van der Waals surface area contributed by atoms with E-state index in [2.05, 4.69) is 26.7 Å². The van der Waals surface area contributed by atoms with E-state index in [1.165, 1.54) is 0 Å². The molecular weight excluding hydrogens is 516 g/mol. The second-order valence-electron chi connectivity index (χ2n) is 10.1. The van der Waals surface area contributed by atoms with Crippen molar-refractivity contribution in [2.45, 2.75) is 32.9 Å². The van der Waals surface area contributed by atoms with E-state index in [-0.39, 0.29) is 12.1 Å². The summed E-state index contributed by atoms with van der Waals surface area (Å²) in [6, 6.07) is 17.0. The number of hydrogen-bond acceptors (Lipinski definition) is 6. The van der Waals surface area contributed by atoms with Crippen molar-refractivity contribution < 1.29 is 9.53 Å². The second-order valence-corrected chi connectivity index (χ2v) is 10.5. The van der Waals surface area contributed by atoms with E-state index in [0.717, 1.165) is 27.6 Å². The molecule has 196 valence electrons. The number of rotatable bonds is 4. The lowest BCUT2D eigenvalue weighted by Crippen LogP contribution is -2.32. The van der Waals surface area contributed by atoms with Crippen LogP contribution in [0.1, 0.15) is 32.0 Å². The number of H-pyrrole nitrogens is 1. The van der Waals surface area contributed by atoms with Crippen LogP contribution in [-0.4, -0.2) is 31.7 Å². The number of hydrogen-bond donors (Lipinski definition) is 2. The van der Waals surface area contributed by atoms with Gasteiger partial charge in [0.2, 0.25) is 0 Å². The van der Waals surface area contributed by atoms with Crippen molar-refractivity contribution in [2.75, 3.05) is 0 Å². The summed E-state index contributed by atoms with van der Waals surface area (Å²) in [5.74, 6) is 0. The van der Waals surface area contributed by atoms with Gasteiger partial charge in [-0.15, -0.1) is 0 Å². The van der Waals surface area contributed by atoms with Gasteiger partial charge in [0.15, 0.2) is 0 Å². The van der Waals surface area contributed by atoms with Crippen LogP contribution in [0, 0.1) is 11.3 Å². The number of nitriles is 1. The number of aromatic amines is 1. The molecule has 5 aromatic rings. The first kappa shape index (κ1) is 25.9. The summed E-state index contributed by atoms with van der Waals surface area (Å²) in [7, 11) is 1.81. The number of amides is 1. The van der Waals surface area contributed by atoms with Crippen molar-refractivity contribution in [3.05, 3.63) is 81.4 Å². The average molecular weight is 541 g/mol. The van der Waals surface area contributed by atoms with Crippen LogP contribution in [0.15, 0.2) is 59.5 Å². The Morgan fingerprint density at radius 3 is 2.62 bits per heavy atom. The molecule has 0 bridgehead atoms. The van der Waals surface area contributed by atoms with Crippen LogP contribution in [0.3, 0.4) is 0 Å². The molecule has 0 aliphatic carbocycles. The molecule has 0 aliphatic heterocycles. The standard InChI is InChI=1S/C29H25ClN6O3/c1-29(2,3)39-28(38)32-15-25-21-12-16(8-9-20(21)27(37)35-34-25)23-14-33-36(4)26(23)19-11-10-18-17(22(19)13-31)6-5-7-24(18)30/h5-12,14H,15H2,1-4H3,(H,32,38)(H,35,37). The van der Waals surface area contributed by atoms with Crippen molar-refractivity contribution in [1.82, 2.24) is 25.3 Å². The summed E-state index contributed by atoms with van der Waals surface area (Å²) in [5.41, 5.74) is 2.95. The minimum atomic E-state index is -0.648. The zero-order valence-corrected chi connectivity index (χ0v) is 22.6. The molecule has 0 spiro atoms. The van der Waals surface area contributed by atoms with Crippen LogP contribution >= 0.6 is 11.6 Å². The molecule has 10 heteroatoms. The lowest BCUT2D eigenvalue weighted by molar-refractivity contribution is 0.0523. The summed E-state index contributed by atoms with van der Waals surface area (Å²) < 4.78 is 7.04. The Morgan fingerprint density at radius 1 is 1.10 bits per heavy atom. The SMILES string of the molecule is Cn1ncc(-c2ccc3c(=O)[nH]nc(CNC(=O)OC(C)(C)C)c3c2)c1-c1ccc2c(Cl)cccc2c1C#N. The average Bonchev–Trinajstić information content (AvgIpc) is 3.27. The van der Waals surface area contributed by atoms with Gasteiger partial charge in [-0.25, -0.2) is 9.89 Å². The van der Waals surface area contributed by atoms with Crippen LogP contribution in [-0.2, 0) is 18.3 Å². The van der Waals surface area contributed by atoms with Gasteiger partial charge in [0.25, 0.3) is 5.56 Å². The molecule has 0 fully saturated rings. The number of carbonyl (C=O) groups excluding carboxylic acids is 1. The van der Waals surface area contributed by atoms with Crippen molar-refractivity contribution in [3.8, 4) is 28.5 Å². The Balaban J connectivity index is 1.62. The van der Waals surface area contributed by atoms with Crippen molar-refractivity contribution in [3.63, 3.8) is 0 Å². The van der Waals surface area contributed by atoms with Gasteiger partial charge in [-0.1, -0.05) is 41.9 Å². The minimum Gasteiger partial charge on any atom is -0.444 e. The lowest BCUT2D eigenvalue weighted by Gasteiger charge is -2.19. The van der Waals surface area contributed by atoms with Crippen LogP contribution < -0.4 is 10.9 Å². The predicted octanol–water partition coefficient (Wildman–Crippen LogP) is 5.69. The third-order valence-electron chi connectivity index (χ3n) is 6.29.